The van der Waals surface area contributed by atoms with Gasteiger partial charge >= 0.3 is 0 Å². The molecule has 0 radical (unpaired) electrons. The summed E-state index contributed by atoms with van der Waals surface area (Å²) >= 11 is 13.7. The molecule has 0 amide bonds. The Morgan fingerprint density at radius 2 is 2.00 bits per heavy atom. The van der Waals surface area contributed by atoms with E-state index in [4.69, 9.17) is 23.2 Å². The Bertz CT molecular complexity index is 551. The van der Waals surface area contributed by atoms with Crippen LogP contribution in [0.15, 0.2) is 17.0 Å². The highest BCUT2D eigenvalue weighted by molar-refractivity contribution is 7.98. The average Bonchev–Trinajstić information content (AvgIpc) is 2.39. The molecule has 0 saturated carbocycles. The standard InChI is InChI=1S/C12H18Cl2N2O2S2/c1-3-15-8-9-6-10(13)7-11(12(9)14)20(17,18)16-4-5-19-2/h6-7,15-16H,3-5,8H2,1-2H3. The molecule has 2 N–H and O–H groups in total. The van der Waals surface area contributed by atoms with Crippen molar-refractivity contribution in [1.82, 2.24) is 10.0 Å². The summed E-state index contributed by atoms with van der Waals surface area (Å²) in [5.74, 6) is 0.696. The second-order valence-electron chi connectivity index (χ2n) is 4.05. The van der Waals surface area contributed by atoms with Crippen LogP contribution < -0.4 is 10.0 Å². The summed E-state index contributed by atoms with van der Waals surface area (Å²) < 4.78 is 27.0. The molecule has 0 atom stereocenters. The van der Waals surface area contributed by atoms with Gasteiger partial charge < -0.3 is 5.32 Å². The summed E-state index contributed by atoms with van der Waals surface area (Å²) in [6.45, 7) is 3.55. The molecule has 0 saturated heterocycles. The SMILES string of the molecule is CCNCc1cc(Cl)cc(S(=O)(=O)NCCSC)c1Cl. The molecule has 0 aliphatic carbocycles. The highest BCUT2D eigenvalue weighted by atomic mass is 35.5. The quantitative estimate of drug-likeness (QED) is 0.703. The molecule has 0 spiro atoms. The summed E-state index contributed by atoms with van der Waals surface area (Å²) in [7, 11) is -3.64. The number of rotatable bonds is 8. The number of nitrogens with one attached hydrogen (secondary N) is 2. The molecule has 20 heavy (non-hydrogen) atoms. The van der Waals surface area contributed by atoms with Crippen molar-refractivity contribution >= 4 is 45.0 Å². The molecule has 8 heteroatoms. The molecular formula is C12H18Cl2N2O2S2. The lowest BCUT2D eigenvalue weighted by Gasteiger charge is -2.12. The van der Waals surface area contributed by atoms with Crippen molar-refractivity contribution in [3.05, 3.63) is 27.7 Å². The van der Waals surface area contributed by atoms with Crippen LogP contribution in [0.2, 0.25) is 10.0 Å². The molecule has 0 unspecified atom stereocenters. The topological polar surface area (TPSA) is 58.2 Å². The minimum Gasteiger partial charge on any atom is -0.313 e. The van der Waals surface area contributed by atoms with Gasteiger partial charge in [0.25, 0.3) is 0 Å². The molecule has 1 aromatic rings. The molecule has 0 aliphatic heterocycles. The summed E-state index contributed by atoms with van der Waals surface area (Å²) in [5.41, 5.74) is 0.672. The van der Waals surface area contributed by atoms with Crippen LogP contribution in [0.4, 0.5) is 0 Å². The predicted octanol–water partition coefficient (Wildman–Crippen LogP) is 2.74. The Hall–Kier alpha value is 0.0200. The van der Waals surface area contributed by atoms with E-state index in [0.717, 1.165) is 6.54 Å². The molecule has 1 aromatic carbocycles. The molecule has 0 aliphatic rings. The Morgan fingerprint density at radius 3 is 2.60 bits per heavy atom. The zero-order valence-electron chi connectivity index (χ0n) is 11.4. The second-order valence-corrected chi connectivity index (χ2v) is 7.58. The normalized spacial score (nSPS) is 11.8. The molecule has 1 rings (SSSR count). The van der Waals surface area contributed by atoms with Gasteiger partial charge in [0.2, 0.25) is 10.0 Å². The zero-order valence-corrected chi connectivity index (χ0v) is 14.5. The second kappa shape index (κ2) is 8.46. The van der Waals surface area contributed by atoms with Crippen LogP contribution in [0.5, 0.6) is 0 Å². The largest absolute Gasteiger partial charge is 0.313 e. The lowest BCUT2D eigenvalue weighted by molar-refractivity contribution is 0.584. The van der Waals surface area contributed by atoms with Gasteiger partial charge in [-0.3, -0.25) is 0 Å². The summed E-state index contributed by atoms with van der Waals surface area (Å²) in [4.78, 5) is 0.0284. The predicted molar refractivity (Wildman–Crippen MR) is 87.4 cm³/mol. The first-order chi connectivity index (χ1) is 9.42. The highest BCUT2D eigenvalue weighted by Crippen LogP contribution is 2.29. The van der Waals surface area contributed by atoms with Crippen LogP contribution in [0.3, 0.4) is 0 Å². The van der Waals surface area contributed by atoms with Gasteiger partial charge in [-0.1, -0.05) is 30.1 Å². The van der Waals surface area contributed by atoms with Crippen LogP contribution in [0.1, 0.15) is 12.5 Å². The van der Waals surface area contributed by atoms with Gasteiger partial charge in [0.15, 0.2) is 0 Å². The molecule has 0 fully saturated rings. The van der Waals surface area contributed by atoms with E-state index in [9.17, 15) is 8.42 Å². The van der Waals surface area contributed by atoms with E-state index >= 15 is 0 Å². The van der Waals surface area contributed by atoms with Gasteiger partial charge in [0.1, 0.15) is 4.90 Å². The van der Waals surface area contributed by atoms with Crippen molar-refractivity contribution in [3.8, 4) is 0 Å². The van der Waals surface area contributed by atoms with Crippen molar-refractivity contribution in [1.29, 1.82) is 0 Å². The van der Waals surface area contributed by atoms with Crippen LogP contribution in [0, 0.1) is 0 Å². The number of hydrogen-bond acceptors (Lipinski definition) is 4. The third kappa shape index (κ3) is 5.09. The monoisotopic (exact) mass is 356 g/mol. The summed E-state index contributed by atoms with van der Waals surface area (Å²) in [6, 6.07) is 3.05. The summed E-state index contributed by atoms with van der Waals surface area (Å²) in [6.07, 6.45) is 1.91. The lowest BCUT2D eigenvalue weighted by Crippen LogP contribution is -2.26. The van der Waals surface area contributed by atoms with Gasteiger partial charge in [0.05, 0.1) is 5.02 Å². The fourth-order valence-electron chi connectivity index (χ4n) is 1.56. The van der Waals surface area contributed by atoms with Crippen molar-refractivity contribution < 1.29 is 8.42 Å². The van der Waals surface area contributed by atoms with Crippen LogP contribution in [-0.4, -0.2) is 33.5 Å². The minimum atomic E-state index is -3.64. The van der Waals surface area contributed by atoms with Gasteiger partial charge in [-0.05, 0) is 30.5 Å². The number of hydrogen-bond donors (Lipinski definition) is 2. The van der Waals surface area contributed by atoms with E-state index < -0.39 is 10.0 Å². The molecule has 114 valence electrons. The van der Waals surface area contributed by atoms with Crippen molar-refractivity contribution in [3.63, 3.8) is 0 Å². The zero-order chi connectivity index (χ0) is 15.2. The third-order valence-electron chi connectivity index (χ3n) is 2.53. The minimum absolute atomic E-state index is 0.0284. The van der Waals surface area contributed by atoms with E-state index in [1.54, 1.807) is 17.8 Å². The fourth-order valence-corrected chi connectivity index (χ4v) is 3.95. The van der Waals surface area contributed by atoms with E-state index in [1.807, 2.05) is 13.2 Å². The van der Waals surface area contributed by atoms with E-state index in [0.29, 0.717) is 29.4 Å². The smallest absolute Gasteiger partial charge is 0.242 e. The first kappa shape index (κ1) is 18.1. The van der Waals surface area contributed by atoms with Gasteiger partial charge in [0, 0.05) is 23.9 Å². The Labute approximate surface area is 134 Å². The molecule has 0 aromatic heterocycles. The van der Waals surface area contributed by atoms with Gasteiger partial charge in [-0.25, -0.2) is 13.1 Å². The maximum absolute atomic E-state index is 12.2. The Morgan fingerprint density at radius 1 is 1.30 bits per heavy atom. The van der Waals surface area contributed by atoms with Gasteiger partial charge in [-0.2, -0.15) is 11.8 Å². The van der Waals surface area contributed by atoms with Gasteiger partial charge in [-0.15, -0.1) is 0 Å². The molecular weight excluding hydrogens is 339 g/mol. The highest BCUT2D eigenvalue weighted by Gasteiger charge is 2.20. The number of benzene rings is 1. The van der Waals surface area contributed by atoms with E-state index in [1.165, 1.54) is 6.07 Å². The number of thioether (sulfide) groups is 1. The maximum Gasteiger partial charge on any atom is 0.242 e. The third-order valence-corrected chi connectivity index (χ3v) is 5.41. The van der Waals surface area contributed by atoms with Crippen LogP contribution >= 0.6 is 35.0 Å². The van der Waals surface area contributed by atoms with Crippen LogP contribution in [0.25, 0.3) is 0 Å². The first-order valence-corrected chi connectivity index (χ1v) is 9.73. The van der Waals surface area contributed by atoms with E-state index in [2.05, 4.69) is 10.0 Å². The Kier molecular flexibility index (Phi) is 7.64. The maximum atomic E-state index is 12.2. The molecule has 0 heterocycles. The molecule has 0 bridgehead atoms. The molecule has 4 nitrogen and oxygen atoms in total. The number of sulfonamides is 1. The average molecular weight is 357 g/mol. The van der Waals surface area contributed by atoms with Crippen LogP contribution in [-0.2, 0) is 16.6 Å². The van der Waals surface area contributed by atoms with Crippen molar-refractivity contribution in [2.24, 2.45) is 0 Å². The number of halogens is 2. The van der Waals surface area contributed by atoms with Crippen molar-refractivity contribution in [2.75, 3.05) is 25.1 Å². The Balaban J connectivity index is 3.07. The first-order valence-electron chi connectivity index (χ1n) is 6.09. The van der Waals surface area contributed by atoms with E-state index in [-0.39, 0.29) is 9.92 Å². The lowest BCUT2D eigenvalue weighted by atomic mass is 10.2. The summed E-state index contributed by atoms with van der Waals surface area (Å²) in [5, 5.41) is 3.67. The van der Waals surface area contributed by atoms with Crippen molar-refractivity contribution in [2.45, 2.75) is 18.4 Å². The fraction of sp³-hybridized carbons (Fsp3) is 0.500.